The predicted molar refractivity (Wildman–Crippen MR) is 135 cm³/mol. The lowest BCUT2D eigenvalue weighted by molar-refractivity contribution is -0.0788. The van der Waals surface area contributed by atoms with E-state index in [0.29, 0.717) is 5.92 Å². The Labute approximate surface area is 202 Å². The molecule has 3 aromatic rings. The zero-order valence-corrected chi connectivity index (χ0v) is 19.8. The van der Waals surface area contributed by atoms with Gasteiger partial charge in [-0.15, -0.1) is 0 Å². The van der Waals surface area contributed by atoms with Gasteiger partial charge in [0.05, 0.1) is 12.2 Å². The van der Waals surface area contributed by atoms with E-state index in [0.717, 1.165) is 44.8 Å². The lowest BCUT2D eigenvalue weighted by Gasteiger charge is -2.39. The van der Waals surface area contributed by atoms with Crippen LogP contribution in [0, 0.1) is 5.82 Å². The highest BCUT2D eigenvalue weighted by Crippen LogP contribution is 2.45. The number of ether oxygens (including phenoxy) is 1. The summed E-state index contributed by atoms with van der Waals surface area (Å²) in [5.74, 6) is 0.356. The first-order valence-electron chi connectivity index (χ1n) is 12.8. The number of halogens is 1. The van der Waals surface area contributed by atoms with Crippen LogP contribution in [-0.2, 0) is 16.9 Å². The molecular formula is C30H33FN2O. The fourth-order valence-corrected chi connectivity index (χ4v) is 6.27. The Bertz CT molecular complexity index is 1140. The highest BCUT2D eigenvalue weighted by Gasteiger charge is 2.42. The Kier molecular flexibility index (Phi) is 5.88. The molecule has 0 saturated carbocycles. The molecule has 3 aromatic carbocycles. The van der Waals surface area contributed by atoms with Crippen LogP contribution in [0.2, 0.25) is 0 Å². The highest BCUT2D eigenvalue weighted by molar-refractivity contribution is 5.71. The fraction of sp³-hybridized carbons (Fsp3) is 0.400. The Morgan fingerprint density at radius 1 is 0.882 bits per heavy atom. The normalized spacial score (nSPS) is 21.1. The second-order valence-electron chi connectivity index (χ2n) is 10.1. The SMILES string of the molecule is Fc1ccc(N2CC(CCCCN3CCC4(CC3)OCc3ccccc34)c3ccccc32)cc1. The van der Waals surface area contributed by atoms with Gasteiger partial charge < -0.3 is 14.5 Å². The van der Waals surface area contributed by atoms with Crippen molar-refractivity contribution < 1.29 is 9.13 Å². The highest BCUT2D eigenvalue weighted by atomic mass is 19.1. The first-order chi connectivity index (χ1) is 16.7. The Morgan fingerprint density at radius 2 is 1.65 bits per heavy atom. The van der Waals surface area contributed by atoms with Crippen molar-refractivity contribution in [3.63, 3.8) is 0 Å². The molecule has 6 rings (SSSR count). The van der Waals surface area contributed by atoms with E-state index in [4.69, 9.17) is 4.74 Å². The van der Waals surface area contributed by atoms with Crippen molar-refractivity contribution in [2.45, 2.75) is 50.2 Å². The molecule has 176 valence electrons. The first-order valence-corrected chi connectivity index (χ1v) is 12.8. The van der Waals surface area contributed by atoms with E-state index in [1.54, 1.807) is 12.1 Å². The summed E-state index contributed by atoms with van der Waals surface area (Å²) in [6.07, 6.45) is 5.87. The van der Waals surface area contributed by atoms with Crippen molar-refractivity contribution in [2.24, 2.45) is 0 Å². The number of benzene rings is 3. The summed E-state index contributed by atoms with van der Waals surface area (Å²) in [5, 5.41) is 0. The fourth-order valence-electron chi connectivity index (χ4n) is 6.27. The summed E-state index contributed by atoms with van der Waals surface area (Å²) in [6, 6.07) is 24.4. The molecule has 4 heteroatoms. The maximum absolute atomic E-state index is 13.4. The molecule has 1 spiro atoms. The van der Waals surface area contributed by atoms with E-state index in [2.05, 4.69) is 58.3 Å². The molecule has 34 heavy (non-hydrogen) atoms. The van der Waals surface area contributed by atoms with Gasteiger partial charge in [-0.3, -0.25) is 0 Å². The van der Waals surface area contributed by atoms with Crippen LogP contribution in [0.15, 0.2) is 72.8 Å². The van der Waals surface area contributed by atoms with Crippen molar-refractivity contribution in [3.8, 4) is 0 Å². The Morgan fingerprint density at radius 3 is 2.50 bits per heavy atom. The van der Waals surface area contributed by atoms with Gasteiger partial charge in [-0.05, 0) is 79.3 Å². The third kappa shape index (κ3) is 4.03. The molecule has 3 heterocycles. The topological polar surface area (TPSA) is 15.7 Å². The van der Waals surface area contributed by atoms with E-state index in [9.17, 15) is 4.39 Å². The molecule has 3 nitrogen and oxygen atoms in total. The van der Waals surface area contributed by atoms with E-state index < -0.39 is 0 Å². The second-order valence-corrected chi connectivity index (χ2v) is 10.1. The van der Waals surface area contributed by atoms with Crippen LogP contribution < -0.4 is 4.90 Å². The van der Waals surface area contributed by atoms with Gasteiger partial charge in [0.25, 0.3) is 0 Å². The number of fused-ring (bicyclic) bond motifs is 3. The molecular weight excluding hydrogens is 423 g/mol. The number of nitrogens with zero attached hydrogens (tertiary/aromatic N) is 2. The van der Waals surface area contributed by atoms with Gasteiger partial charge in [0, 0.05) is 36.9 Å². The van der Waals surface area contributed by atoms with E-state index in [1.807, 2.05) is 12.1 Å². The largest absolute Gasteiger partial charge is 0.365 e. The monoisotopic (exact) mass is 456 g/mol. The third-order valence-corrected chi connectivity index (χ3v) is 8.16. The smallest absolute Gasteiger partial charge is 0.123 e. The van der Waals surface area contributed by atoms with Gasteiger partial charge in [0.1, 0.15) is 5.82 Å². The summed E-state index contributed by atoms with van der Waals surface area (Å²) in [6.45, 7) is 5.17. The number of likely N-dealkylation sites (tertiary alicyclic amines) is 1. The molecule has 1 fully saturated rings. The van der Waals surface area contributed by atoms with Gasteiger partial charge in [-0.2, -0.15) is 0 Å². The molecule has 0 aliphatic carbocycles. The average molecular weight is 457 g/mol. The predicted octanol–water partition coefficient (Wildman–Crippen LogP) is 6.75. The van der Waals surface area contributed by atoms with Crippen LogP contribution in [0.5, 0.6) is 0 Å². The third-order valence-electron chi connectivity index (χ3n) is 8.16. The minimum atomic E-state index is -0.180. The maximum Gasteiger partial charge on any atom is 0.123 e. The van der Waals surface area contributed by atoms with E-state index in [1.165, 1.54) is 48.2 Å². The second kappa shape index (κ2) is 9.16. The molecule has 0 amide bonds. The molecule has 1 saturated heterocycles. The van der Waals surface area contributed by atoms with Crippen molar-refractivity contribution in [2.75, 3.05) is 31.1 Å². The van der Waals surface area contributed by atoms with Crippen LogP contribution in [0.1, 0.15) is 54.7 Å². The van der Waals surface area contributed by atoms with Crippen LogP contribution in [0.4, 0.5) is 15.8 Å². The quantitative estimate of drug-likeness (QED) is 0.382. The Balaban J connectivity index is 1.01. The van der Waals surface area contributed by atoms with Crippen molar-refractivity contribution in [1.82, 2.24) is 4.90 Å². The Hall–Kier alpha value is -2.69. The van der Waals surface area contributed by atoms with Gasteiger partial charge in [0.2, 0.25) is 0 Å². The summed E-state index contributed by atoms with van der Waals surface area (Å²) < 4.78 is 19.8. The van der Waals surface area contributed by atoms with Crippen molar-refractivity contribution in [3.05, 3.63) is 95.3 Å². The minimum absolute atomic E-state index is 0.0372. The van der Waals surface area contributed by atoms with Gasteiger partial charge in [-0.1, -0.05) is 48.9 Å². The van der Waals surface area contributed by atoms with Crippen molar-refractivity contribution >= 4 is 11.4 Å². The lowest BCUT2D eigenvalue weighted by atomic mass is 9.84. The van der Waals surface area contributed by atoms with Crippen LogP contribution in [0.3, 0.4) is 0 Å². The standard InChI is InChI=1S/C30H33FN2O/c31-25-12-14-26(15-13-25)33-21-23(27-9-2-4-11-29(27)33)7-5-6-18-32-19-16-30(17-20-32)28-10-3-1-8-24(28)22-34-30/h1-4,8-15,23H,5-7,16-22H2. The van der Waals surface area contributed by atoms with Crippen molar-refractivity contribution in [1.29, 1.82) is 0 Å². The van der Waals surface area contributed by atoms with Gasteiger partial charge >= 0.3 is 0 Å². The molecule has 3 aliphatic heterocycles. The molecule has 1 unspecified atom stereocenters. The zero-order valence-electron chi connectivity index (χ0n) is 19.8. The lowest BCUT2D eigenvalue weighted by Crippen LogP contribution is -2.42. The number of rotatable bonds is 6. The van der Waals surface area contributed by atoms with Crippen LogP contribution >= 0.6 is 0 Å². The molecule has 1 atom stereocenters. The molecule has 0 aromatic heterocycles. The number of para-hydroxylation sites is 1. The molecule has 3 aliphatic rings. The summed E-state index contributed by atoms with van der Waals surface area (Å²) >= 11 is 0. The number of piperidine rings is 1. The summed E-state index contributed by atoms with van der Waals surface area (Å²) in [5.41, 5.74) is 6.56. The molecule has 0 bridgehead atoms. The average Bonchev–Trinajstić information content (AvgIpc) is 3.43. The van der Waals surface area contributed by atoms with Gasteiger partial charge in [0.15, 0.2) is 0 Å². The van der Waals surface area contributed by atoms with Gasteiger partial charge in [-0.25, -0.2) is 4.39 Å². The van der Waals surface area contributed by atoms with E-state index >= 15 is 0 Å². The number of hydrogen-bond acceptors (Lipinski definition) is 3. The number of hydrogen-bond donors (Lipinski definition) is 0. The number of anilines is 2. The summed E-state index contributed by atoms with van der Waals surface area (Å²) in [4.78, 5) is 4.98. The van der Waals surface area contributed by atoms with E-state index in [-0.39, 0.29) is 11.4 Å². The van der Waals surface area contributed by atoms with Crippen LogP contribution in [-0.4, -0.2) is 31.1 Å². The maximum atomic E-state index is 13.4. The number of unbranched alkanes of at least 4 members (excludes halogenated alkanes) is 1. The molecule has 0 radical (unpaired) electrons. The van der Waals surface area contributed by atoms with Crippen LogP contribution in [0.25, 0.3) is 0 Å². The minimum Gasteiger partial charge on any atom is -0.365 e. The zero-order chi connectivity index (χ0) is 23.0. The first kappa shape index (κ1) is 21.8. The molecule has 0 N–H and O–H groups in total. The summed E-state index contributed by atoms with van der Waals surface area (Å²) in [7, 11) is 0.